The van der Waals surface area contributed by atoms with Crippen LogP contribution in [0.5, 0.6) is 0 Å². The van der Waals surface area contributed by atoms with Crippen LogP contribution in [0.4, 0.5) is 11.4 Å². The van der Waals surface area contributed by atoms with Gasteiger partial charge in [0.2, 0.25) is 5.91 Å². The molecule has 1 aliphatic rings. The van der Waals surface area contributed by atoms with E-state index in [1.54, 1.807) is 4.90 Å². The quantitative estimate of drug-likeness (QED) is 0.827. The lowest BCUT2D eigenvalue weighted by molar-refractivity contribution is -0.119. The second-order valence-electron chi connectivity index (χ2n) is 5.01. The Morgan fingerprint density at radius 2 is 2.11 bits per heavy atom. The molecule has 2 N–H and O–H groups in total. The van der Waals surface area contributed by atoms with Crippen LogP contribution in [0.3, 0.4) is 0 Å². The van der Waals surface area contributed by atoms with Crippen LogP contribution in [0.25, 0.3) is 0 Å². The summed E-state index contributed by atoms with van der Waals surface area (Å²) in [4.78, 5) is 16.1. The fourth-order valence-electron chi connectivity index (χ4n) is 2.35. The van der Waals surface area contributed by atoms with Crippen molar-refractivity contribution >= 4 is 17.3 Å². The molecule has 2 rings (SSSR count). The third kappa shape index (κ3) is 2.82. The van der Waals surface area contributed by atoms with E-state index < -0.39 is 0 Å². The highest BCUT2D eigenvalue weighted by atomic mass is 16.2. The molecule has 1 aliphatic heterocycles. The van der Waals surface area contributed by atoms with Gasteiger partial charge in [0.15, 0.2) is 0 Å². The lowest BCUT2D eigenvalue weighted by Crippen LogP contribution is -2.39. The second kappa shape index (κ2) is 5.40. The summed E-state index contributed by atoms with van der Waals surface area (Å²) in [5, 5.41) is 0. The van der Waals surface area contributed by atoms with Crippen LogP contribution in [0.15, 0.2) is 24.3 Å². The highest BCUT2D eigenvalue weighted by Crippen LogP contribution is 2.18. The predicted molar refractivity (Wildman–Crippen MR) is 74.5 cm³/mol. The third-order valence-electron chi connectivity index (χ3n) is 3.68. The molecule has 18 heavy (non-hydrogen) atoms. The number of benzene rings is 1. The standard InChI is InChI=1S/C14H21N3O/c1-11-4-3-9-17(11)10-14(18)16(2)13-7-5-12(15)6-8-13/h5-8,11H,3-4,9-10,15H2,1-2H3. The second-order valence-corrected chi connectivity index (χ2v) is 5.01. The number of carbonyl (C=O) groups is 1. The number of amides is 1. The van der Waals surface area contributed by atoms with Crippen molar-refractivity contribution in [2.45, 2.75) is 25.8 Å². The Balaban J connectivity index is 1.98. The van der Waals surface area contributed by atoms with Gasteiger partial charge in [0, 0.05) is 24.5 Å². The summed E-state index contributed by atoms with van der Waals surface area (Å²) >= 11 is 0. The van der Waals surface area contributed by atoms with Crippen molar-refractivity contribution in [3.05, 3.63) is 24.3 Å². The van der Waals surface area contributed by atoms with Gasteiger partial charge in [-0.1, -0.05) is 0 Å². The molecule has 4 nitrogen and oxygen atoms in total. The van der Waals surface area contributed by atoms with Crippen LogP contribution < -0.4 is 10.6 Å². The fourth-order valence-corrected chi connectivity index (χ4v) is 2.35. The minimum absolute atomic E-state index is 0.133. The van der Waals surface area contributed by atoms with Gasteiger partial charge >= 0.3 is 0 Å². The first-order valence-electron chi connectivity index (χ1n) is 6.44. The van der Waals surface area contributed by atoms with Gasteiger partial charge < -0.3 is 10.6 Å². The first-order valence-corrected chi connectivity index (χ1v) is 6.44. The average molecular weight is 247 g/mol. The van der Waals surface area contributed by atoms with Crippen molar-refractivity contribution in [1.82, 2.24) is 4.90 Å². The maximum Gasteiger partial charge on any atom is 0.240 e. The molecule has 1 amide bonds. The minimum atomic E-state index is 0.133. The van der Waals surface area contributed by atoms with Crippen LogP contribution in [-0.2, 0) is 4.79 Å². The van der Waals surface area contributed by atoms with Crippen LogP contribution in [0.2, 0.25) is 0 Å². The highest BCUT2D eigenvalue weighted by Gasteiger charge is 2.23. The smallest absolute Gasteiger partial charge is 0.240 e. The molecule has 0 bridgehead atoms. The fraction of sp³-hybridized carbons (Fsp3) is 0.500. The molecule has 0 saturated carbocycles. The molecule has 1 fully saturated rings. The summed E-state index contributed by atoms with van der Waals surface area (Å²) in [6.07, 6.45) is 2.39. The van der Waals surface area contributed by atoms with E-state index in [1.807, 2.05) is 31.3 Å². The highest BCUT2D eigenvalue weighted by molar-refractivity contribution is 5.94. The van der Waals surface area contributed by atoms with E-state index in [0.29, 0.717) is 18.3 Å². The maximum atomic E-state index is 12.2. The zero-order valence-electron chi connectivity index (χ0n) is 11.1. The van der Waals surface area contributed by atoms with Gasteiger partial charge in [0.05, 0.1) is 6.54 Å². The number of likely N-dealkylation sites (tertiary alicyclic amines) is 1. The zero-order chi connectivity index (χ0) is 13.1. The number of rotatable bonds is 3. The van der Waals surface area contributed by atoms with E-state index in [2.05, 4.69) is 11.8 Å². The molecular formula is C14H21N3O. The van der Waals surface area contributed by atoms with Crippen molar-refractivity contribution < 1.29 is 4.79 Å². The van der Waals surface area contributed by atoms with Gasteiger partial charge in [-0.05, 0) is 50.6 Å². The van der Waals surface area contributed by atoms with Crippen molar-refractivity contribution in [3.63, 3.8) is 0 Å². The van der Waals surface area contributed by atoms with Gasteiger partial charge in [-0.25, -0.2) is 0 Å². The van der Waals surface area contributed by atoms with E-state index in [-0.39, 0.29) is 5.91 Å². The lowest BCUT2D eigenvalue weighted by Gasteiger charge is -2.24. The van der Waals surface area contributed by atoms with E-state index in [0.717, 1.165) is 12.2 Å². The maximum absolute atomic E-state index is 12.2. The molecule has 4 heteroatoms. The Kier molecular flexibility index (Phi) is 3.87. The molecule has 0 radical (unpaired) electrons. The van der Waals surface area contributed by atoms with Gasteiger partial charge in [-0.3, -0.25) is 9.69 Å². The van der Waals surface area contributed by atoms with Crippen LogP contribution in [-0.4, -0.2) is 37.0 Å². The van der Waals surface area contributed by atoms with Crippen LogP contribution >= 0.6 is 0 Å². The van der Waals surface area contributed by atoms with Gasteiger partial charge in [0.1, 0.15) is 0 Å². The number of nitrogen functional groups attached to an aromatic ring is 1. The Morgan fingerprint density at radius 3 is 2.67 bits per heavy atom. The molecule has 1 unspecified atom stereocenters. The number of hydrogen-bond acceptors (Lipinski definition) is 3. The zero-order valence-corrected chi connectivity index (χ0v) is 11.1. The first-order chi connectivity index (χ1) is 8.58. The van der Waals surface area contributed by atoms with E-state index in [9.17, 15) is 4.79 Å². The molecule has 1 atom stereocenters. The molecule has 0 aliphatic carbocycles. The molecule has 1 aromatic rings. The van der Waals surface area contributed by atoms with E-state index in [4.69, 9.17) is 5.73 Å². The molecule has 0 spiro atoms. The number of carbonyl (C=O) groups excluding carboxylic acids is 1. The third-order valence-corrected chi connectivity index (χ3v) is 3.68. The summed E-state index contributed by atoms with van der Waals surface area (Å²) in [6, 6.07) is 7.91. The van der Waals surface area contributed by atoms with Crippen LogP contribution in [0.1, 0.15) is 19.8 Å². The number of anilines is 2. The lowest BCUT2D eigenvalue weighted by atomic mass is 10.2. The molecule has 1 heterocycles. The van der Waals surface area contributed by atoms with Crippen molar-refractivity contribution in [2.24, 2.45) is 0 Å². The predicted octanol–water partition coefficient (Wildman–Crippen LogP) is 1.72. The van der Waals surface area contributed by atoms with E-state index >= 15 is 0 Å². The minimum Gasteiger partial charge on any atom is -0.399 e. The molecule has 1 saturated heterocycles. The summed E-state index contributed by atoms with van der Waals surface area (Å²) in [5.74, 6) is 0.133. The first kappa shape index (κ1) is 12.9. The molecular weight excluding hydrogens is 226 g/mol. The van der Waals surface area contributed by atoms with Gasteiger partial charge in [-0.2, -0.15) is 0 Å². The topological polar surface area (TPSA) is 49.6 Å². The number of nitrogens with zero attached hydrogens (tertiary/aromatic N) is 2. The number of likely N-dealkylation sites (N-methyl/N-ethyl adjacent to an activating group) is 1. The van der Waals surface area contributed by atoms with Gasteiger partial charge in [0.25, 0.3) is 0 Å². The molecule has 1 aromatic carbocycles. The average Bonchev–Trinajstić information content (AvgIpc) is 2.75. The Bertz CT molecular complexity index is 416. The SMILES string of the molecule is CC1CCCN1CC(=O)N(C)c1ccc(N)cc1. The summed E-state index contributed by atoms with van der Waals surface area (Å²) in [6.45, 7) is 3.72. The van der Waals surface area contributed by atoms with E-state index in [1.165, 1.54) is 12.8 Å². The van der Waals surface area contributed by atoms with Crippen molar-refractivity contribution in [2.75, 3.05) is 30.8 Å². The summed E-state index contributed by atoms with van der Waals surface area (Å²) < 4.78 is 0. The van der Waals surface area contributed by atoms with Crippen molar-refractivity contribution in [1.29, 1.82) is 0 Å². The number of nitrogens with two attached hydrogens (primary N) is 1. The molecule has 98 valence electrons. The normalized spacial score (nSPS) is 20.0. The van der Waals surface area contributed by atoms with Crippen LogP contribution in [0, 0.1) is 0 Å². The monoisotopic (exact) mass is 247 g/mol. The van der Waals surface area contributed by atoms with Crippen molar-refractivity contribution in [3.8, 4) is 0 Å². The Hall–Kier alpha value is -1.55. The number of hydrogen-bond donors (Lipinski definition) is 1. The summed E-state index contributed by atoms with van der Waals surface area (Å²) in [7, 11) is 1.81. The largest absolute Gasteiger partial charge is 0.399 e. The molecule has 0 aromatic heterocycles. The Labute approximate surface area is 108 Å². The Morgan fingerprint density at radius 1 is 1.44 bits per heavy atom. The van der Waals surface area contributed by atoms with Gasteiger partial charge in [-0.15, -0.1) is 0 Å². The summed E-state index contributed by atoms with van der Waals surface area (Å²) in [5.41, 5.74) is 7.25.